The molecule has 2 aliphatic heterocycles. The molecular formula is C29H34O16. The molecule has 16 heteroatoms. The fourth-order valence-electron chi connectivity index (χ4n) is 5.17. The van der Waals surface area contributed by atoms with E-state index in [0.29, 0.717) is 0 Å². The van der Waals surface area contributed by atoms with Gasteiger partial charge in [0.25, 0.3) is 0 Å². The molecule has 9 atom stereocenters. The molecule has 2 aromatic carbocycles. The highest BCUT2D eigenvalue weighted by atomic mass is 16.7. The van der Waals surface area contributed by atoms with Crippen LogP contribution in [0.1, 0.15) is 0 Å². The van der Waals surface area contributed by atoms with Crippen LogP contribution in [0.3, 0.4) is 0 Å². The number of methoxy groups -OCH3 is 3. The zero-order valence-corrected chi connectivity index (χ0v) is 24.3. The summed E-state index contributed by atoms with van der Waals surface area (Å²) in [6, 6.07) is 5.52. The topological polar surface area (TPSA) is 236 Å². The van der Waals surface area contributed by atoms with E-state index in [1.165, 1.54) is 51.9 Å². The molecule has 5 rings (SSSR count). The number of fused-ring (bicyclic) bond motifs is 1. The lowest BCUT2D eigenvalue weighted by Crippen LogP contribution is -2.60. The van der Waals surface area contributed by atoms with Crippen molar-refractivity contribution < 1.29 is 73.3 Å². The van der Waals surface area contributed by atoms with Crippen LogP contribution >= 0.6 is 0 Å². The Morgan fingerprint density at radius 2 is 1.44 bits per heavy atom. The lowest BCUT2D eigenvalue weighted by atomic mass is 9.99. The molecule has 2 aliphatic rings. The molecule has 246 valence electrons. The van der Waals surface area contributed by atoms with Crippen molar-refractivity contribution in [2.24, 2.45) is 0 Å². The summed E-state index contributed by atoms with van der Waals surface area (Å²) in [7, 11) is 4.05. The smallest absolute Gasteiger partial charge is 0.229 e. The van der Waals surface area contributed by atoms with Crippen molar-refractivity contribution in [2.45, 2.75) is 55.3 Å². The Morgan fingerprint density at radius 3 is 2.09 bits per heavy atom. The molecule has 1 aromatic heterocycles. The molecule has 3 aromatic rings. The van der Waals surface area contributed by atoms with E-state index in [1.807, 2.05) is 0 Å². The number of benzene rings is 2. The monoisotopic (exact) mass is 638 g/mol. The number of phenolic OH excluding ortho intramolecular Hbond substituents is 1. The molecule has 0 spiro atoms. The first-order chi connectivity index (χ1) is 21.5. The molecular weight excluding hydrogens is 604 g/mol. The van der Waals surface area contributed by atoms with Gasteiger partial charge in [-0.1, -0.05) is 0 Å². The minimum atomic E-state index is -1.79. The lowest BCUT2D eigenvalue weighted by Gasteiger charge is -2.40. The van der Waals surface area contributed by atoms with Crippen LogP contribution in [-0.4, -0.2) is 126 Å². The van der Waals surface area contributed by atoms with Gasteiger partial charge in [-0.25, -0.2) is 0 Å². The predicted molar refractivity (Wildman–Crippen MR) is 150 cm³/mol. The van der Waals surface area contributed by atoms with E-state index in [9.17, 15) is 40.5 Å². The van der Waals surface area contributed by atoms with Gasteiger partial charge < -0.3 is 73.3 Å². The van der Waals surface area contributed by atoms with Gasteiger partial charge in [-0.05, 0) is 17.7 Å². The molecule has 0 bridgehead atoms. The minimum absolute atomic E-state index is 0.000827. The maximum absolute atomic E-state index is 13.5. The molecule has 45 heavy (non-hydrogen) atoms. The van der Waals surface area contributed by atoms with Gasteiger partial charge in [-0.3, -0.25) is 4.79 Å². The maximum atomic E-state index is 13.5. The fourth-order valence-corrected chi connectivity index (χ4v) is 5.17. The third-order valence-corrected chi connectivity index (χ3v) is 7.66. The molecule has 0 saturated carbocycles. The van der Waals surface area contributed by atoms with E-state index >= 15 is 0 Å². The molecule has 2 saturated heterocycles. The van der Waals surface area contributed by atoms with Crippen LogP contribution in [0.25, 0.3) is 22.1 Å². The van der Waals surface area contributed by atoms with Crippen LogP contribution in [0.15, 0.2) is 39.7 Å². The molecule has 2 fully saturated rings. The number of ether oxygens (including phenoxy) is 7. The number of aromatic hydroxyl groups is 1. The van der Waals surface area contributed by atoms with Crippen molar-refractivity contribution in [2.75, 3.05) is 34.5 Å². The lowest BCUT2D eigenvalue weighted by molar-refractivity contribution is -0.290. The van der Waals surface area contributed by atoms with E-state index in [2.05, 4.69) is 0 Å². The number of phenols is 1. The Bertz CT molecular complexity index is 1560. The maximum Gasteiger partial charge on any atom is 0.229 e. The van der Waals surface area contributed by atoms with Crippen molar-refractivity contribution in [3.05, 3.63) is 40.8 Å². The zero-order chi connectivity index (χ0) is 32.6. The largest absolute Gasteiger partial charge is 0.507 e. The van der Waals surface area contributed by atoms with Gasteiger partial charge in [-0.2, -0.15) is 0 Å². The highest BCUT2D eigenvalue weighted by Gasteiger charge is 2.48. The van der Waals surface area contributed by atoms with E-state index in [0.717, 1.165) is 0 Å². The summed E-state index contributed by atoms with van der Waals surface area (Å²) in [5.41, 5.74) is -0.319. The van der Waals surface area contributed by atoms with Crippen molar-refractivity contribution in [3.8, 4) is 39.9 Å². The van der Waals surface area contributed by atoms with Crippen LogP contribution in [0.2, 0.25) is 0 Å². The van der Waals surface area contributed by atoms with E-state index < -0.39 is 74.0 Å². The Labute approximate surface area is 255 Å². The fraction of sp³-hybridized carbons (Fsp3) is 0.483. The van der Waals surface area contributed by atoms with Crippen molar-refractivity contribution in [1.82, 2.24) is 0 Å². The van der Waals surface area contributed by atoms with Crippen LogP contribution in [-0.2, 0) is 14.2 Å². The first-order valence-corrected chi connectivity index (χ1v) is 13.7. The minimum Gasteiger partial charge on any atom is -0.507 e. The Hall–Kier alpha value is -3.71. The molecule has 3 heterocycles. The second-order valence-electron chi connectivity index (χ2n) is 10.4. The summed E-state index contributed by atoms with van der Waals surface area (Å²) in [5, 5.41) is 71.6. The van der Waals surface area contributed by atoms with Gasteiger partial charge in [0, 0.05) is 12.1 Å². The quantitative estimate of drug-likeness (QED) is 0.139. The van der Waals surface area contributed by atoms with Crippen molar-refractivity contribution in [3.63, 3.8) is 0 Å². The Kier molecular flexibility index (Phi) is 9.68. The first-order valence-electron chi connectivity index (χ1n) is 13.7. The Morgan fingerprint density at radius 1 is 0.778 bits per heavy atom. The van der Waals surface area contributed by atoms with Gasteiger partial charge in [0.2, 0.25) is 17.5 Å². The first kappa shape index (κ1) is 32.7. The third-order valence-electron chi connectivity index (χ3n) is 7.66. The predicted octanol–water partition coefficient (Wildman–Crippen LogP) is -1.17. The van der Waals surface area contributed by atoms with Crippen LogP contribution < -0.4 is 24.4 Å². The molecule has 16 nitrogen and oxygen atoms in total. The van der Waals surface area contributed by atoms with Gasteiger partial charge in [-0.15, -0.1) is 0 Å². The highest BCUT2D eigenvalue weighted by molar-refractivity contribution is 5.88. The van der Waals surface area contributed by atoms with Gasteiger partial charge in [0.15, 0.2) is 17.8 Å². The summed E-state index contributed by atoms with van der Waals surface area (Å²) in [6.45, 7) is -1.08. The van der Waals surface area contributed by atoms with E-state index in [-0.39, 0.29) is 50.8 Å². The normalized spacial score (nSPS) is 29.9. The number of aliphatic hydroxyl groups excluding tert-OH is 6. The highest BCUT2D eigenvalue weighted by Crippen LogP contribution is 2.43. The molecule has 0 radical (unpaired) electrons. The number of rotatable bonds is 10. The average Bonchev–Trinajstić information content (AvgIpc) is 3.31. The second kappa shape index (κ2) is 13.3. The van der Waals surface area contributed by atoms with Crippen molar-refractivity contribution >= 4 is 11.0 Å². The Balaban J connectivity index is 1.44. The summed E-state index contributed by atoms with van der Waals surface area (Å²) < 4.78 is 44.0. The van der Waals surface area contributed by atoms with Crippen molar-refractivity contribution in [1.29, 1.82) is 0 Å². The molecule has 0 amide bonds. The number of hydrogen-bond acceptors (Lipinski definition) is 16. The van der Waals surface area contributed by atoms with E-state index in [4.69, 9.17) is 37.6 Å². The average molecular weight is 639 g/mol. The standard InChI is InChI=1S/C29H34O16/c1-38-12-6-14(31)20-15(7-12)41-9-13(21(20)32)11-4-16(39-2)27(40-3)17(5-11)43-29-26(37)24(35)23(34)19(45-29)10-42-28-25(36)22(33)18(8-30)44-28/h4-7,9,18-19,22-26,28-31,33-37H,8,10H2,1-3H3/t18-,19-,22-,23-,24+,25+,26-,28+,29-/m1/s1. The second-order valence-corrected chi connectivity index (χ2v) is 10.4. The van der Waals surface area contributed by atoms with Gasteiger partial charge in [0.05, 0.1) is 40.1 Å². The van der Waals surface area contributed by atoms with Crippen LogP contribution in [0.5, 0.6) is 28.7 Å². The number of hydrogen-bond donors (Lipinski definition) is 7. The number of aliphatic hydroxyl groups is 6. The van der Waals surface area contributed by atoms with Crippen LogP contribution in [0.4, 0.5) is 0 Å². The summed E-state index contributed by atoms with van der Waals surface area (Å²) in [6.07, 6.45) is -12.5. The summed E-state index contributed by atoms with van der Waals surface area (Å²) in [5.74, 6) is -0.0821. The van der Waals surface area contributed by atoms with Gasteiger partial charge in [0.1, 0.15) is 71.5 Å². The molecule has 7 N–H and O–H groups in total. The third kappa shape index (κ3) is 6.11. The van der Waals surface area contributed by atoms with Crippen LogP contribution in [0, 0.1) is 0 Å². The SMILES string of the molecule is COc1cc(O)c2c(=O)c(-c3cc(OC)c(OC)c(O[C@@H]4O[C@H](CO[C@H]5O[C@H](CO)[C@@H](O)[C@@H]5O)[C@@H](O)[C@H](O)[C@H]4O)c3)coc2c1. The van der Waals surface area contributed by atoms with Gasteiger partial charge >= 0.3 is 0 Å². The molecule has 0 aliphatic carbocycles. The summed E-state index contributed by atoms with van der Waals surface area (Å²) >= 11 is 0. The summed E-state index contributed by atoms with van der Waals surface area (Å²) in [4.78, 5) is 13.5. The zero-order valence-electron chi connectivity index (χ0n) is 24.3. The van der Waals surface area contributed by atoms with E-state index in [1.54, 1.807) is 0 Å². The molecule has 0 unspecified atom stereocenters.